The number of halogens is 1. The number of ketones is 2. The molecule has 0 fully saturated rings. The summed E-state index contributed by atoms with van der Waals surface area (Å²) in [6, 6.07) is 0. The minimum atomic E-state index is -0.235. The highest BCUT2D eigenvalue weighted by Gasteiger charge is 2.28. The quantitative estimate of drug-likeness (QED) is 0.0565. The van der Waals surface area contributed by atoms with E-state index in [0.29, 0.717) is 63.2 Å². The predicted octanol–water partition coefficient (Wildman–Crippen LogP) is 8.51. The molecule has 300 valence electrons. The van der Waals surface area contributed by atoms with Gasteiger partial charge in [-0.3, -0.25) is 19.2 Å². The third-order valence-electron chi connectivity index (χ3n) is 6.40. The monoisotopic (exact) mass is 828 g/mol. The third kappa shape index (κ3) is 35.2. The van der Waals surface area contributed by atoms with Crippen molar-refractivity contribution in [3.63, 3.8) is 0 Å². The van der Waals surface area contributed by atoms with Gasteiger partial charge in [-0.25, -0.2) is 0 Å². The molecule has 0 spiro atoms. The lowest BCUT2D eigenvalue weighted by molar-refractivity contribution is -0.141. The van der Waals surface area contributed by atoms with Gasteiger partial charge in [-0.2, -0.15) is 0 Å². The van der Waals surface area contributed by atoms with E-state index in [-0.39, 0.29) is 46.9 Å². The Morgan fingerprint density at radius 2 is 1.13 bits per heavy atom. The van der Waals surface area contributed by atoms with Crippen LogP contribution in [0.4, 0.5) is 0 Å². The predicted molar refractivity (Wildman–Crippen MR) is 231 cm³/mol. The number of Topliss-reactive ketones (excluding diaryl/α,β-unsaturated/α-hetero) is 2. The Bertz CT molecular complexity index is 1120. The second-order valence-electron chi connectivity index (χ2n) is 15.0. The third-order valence-corrected chi connectivity index (χ3v) is 7.01. The van der Waals surface area contributed by atoms with Crippen molar-refractivity contribution < 1.29 is 38.1 Å². The van der Waals surface area contributed by atoms with Gasteiger partial charge < -0.3 is 18.9 Å². The van der Waals surface area contributed by atoms with Crippen LogP contribution in [0.25, 0.3) is 0 Å². The fourth-order valence-electron chi connectivity index (χ4n) is 4.37. The molecule has 2 aliphatic carbocycles. The van der Waals surface area contributed by atoms with E-state index in [1.165, 1.54) is 14.2 Å². The van der Waals surface area contributed by atoms with Crippen molar-refractivity contribution in [3.05, 3.63) is 47.5 Å². The first kappa shape index (κ1) is 54.5. The number of allylic oxidation sites excluding steroid dienone is 5. The van der Waals surface area contributed by atoms with E-state index in [9.17, 15) is 19.2 Å². The average molecular weight is 830 g/mol. The first-order chi connectivity index (χ1) is 24.2. The smallest absolute Gasteiger partial charge is 0.305 e. The van der Waals surface area contributed by atoms with Gasteiger partial charge in [0.2, 0.25) is 0 Å². The number of rotatable bonds is 14. The van der Waals surface area contributed by atoms with Crippen LogP contribution >= 0.6 is 15.9 Å². The summed E-state index contributed by atoms with van der Waals surface area (Å²) in [5.41, 5.74) is 1.26. The number of unbranched alkanes of at least 4 members (excludes halogenated alkanes) is 2. The molecule has 0 N–H and O–H groups in total. The highest BCUT2D eigenvalue weighted by molar-refractivity contribution is 9.09. The Morgan fingerprint density at radius 1 is 0.750 bits per heavy atom. The number of ether oxygens (including phenoxy) is 4. The van der Waals surface area contributed by atoms with Crippen LogP contribution in [0.5, 0.6) is 0 Å². The largest absolute Gasteiger partial charge is 0.469 e. The zero-order valence-electron chi connectivity index (χ0n) is 35.3. The standard InChI is InChI=1S/C17H26O4.C10H15BrO2.C9H17BO2.2C2H8Si/c1-17(2,3)21-14-11-13(15(18)12-14)9-7-5-6-8-10-16(19)20-4;1-10(2,3)13-8-4-7(6-11)9(12)5-8;1-10(2)8-6-4-5-7-9(11)12-3;2*1-3-2/h5,7,11,14H,6,8-10,12H2,1-4H3;4,8H,5-6H2,1-3H3;6,8H,4-5,7H2,1-3H3;2*3H2,1-2H3/b7-5-;;8-6-;;. The van der Waals surface area contributed by atoms with Gasteiger partial charge in [-0.05, 0) is 91.4 Å². The lowest BCUT2D eigenvalue weighted by atomic mass is 9.55. The Morgan fingerprint density at radius 3 is 1.48 bits per heavy atom. The van der Waals surface area contributed by atoms with Crippen LogP contribution in [0, 0.1) is 0 Å². The highest BCUT2D eigenvalue weighted by Crippen LogP contribution is 2.25. The topological polar surface area (TPSA) is 105 Å². The second-order valence-corrected chi connectivity index (χ2v) is 18.4. The molecule has 2 aliphatic rings. The summed E-state index contributed by atoms with van der Waals surface area (Å²) < 4.78 is 20.6. The molecule has 0 radical (unpaired) electrons. The van der Waals surface area contributed by atoms with E-state index in [1.807, 2.05) is 65.8 Å². The van der Waals surface area contributed by atoms with Gasteiger partial charge in [0.1, 0.15) is 0 Å². The fraction of sp³-hybridized carbons (Fsp3) is 0.700. The molecule has 12 heteroatoms. The van der Waals surface area contributed by atoms with Crippen LogP contribution in [0.1, 0.15) is 99.3 Å². The molecule has 0 amide bonds. The molecular formula is C40H74BBrO8Si2. The maximum atomic E-state index is 11.9. The Kier molecular flexibility index (Phi) is 34.1. The van der Waals surface area contributed by atoms with Gasteiger partial charge in [0.05, 0.1) is 37.6 Å². The first-order valence-electron chi connectivity index (χ1n) is 19.1. The molecule has 0 aromatic rings. The molecule has 2 unspecified atom stereocenters. The van der Waals surface area contributed by atoms with Crippen molar-refractivity contribution in [1.29, 1.82) is 0 Å². The highest BCUT2D eigenvalue weighted by atomic mass is 79.9. The summed E-state index contributed by atoms with van der Waals surface area (Å²) in [4.78, 5) is 44.8. The average Bonchev–Trinajstić information content (AvgIpc) is 3.56. The first-order valence-corrected chi connectivity index (χ1v) is 25.9. The number of hydrogen-bond acceptors (Lipinski definition) is 8. The molecule has 52 heavy (non-hydrogen) atoms. The molecule has 0 heterocycles. The minimum Gasteiger partial charge on any atom is -0.469 e. The van der Waals surface area contributed by atoms with E-state index >= 15 is 0 Å². The molecule has 8 nitrogen and oxygen atoms in total. The second kappa shape index (κ2) is 32.6. The van der Waals surface area contributed by atoms with Crippen LogP contribution in [-0.2, 0) is 38.1 Å². The van der Waals surface area contributed by atoms with Crippen molar-refractivity contribution in [2.75, 3.05) is 19.5 Å². The summed E-state index contributed by atoms with van der Waals surface area (Å²) in [5, 5.41) is 0.635. The summed E-state index contributed by atoms with van der Waals surface area (Å²) in [5.74, 6) is 2.22. The van der Waals surface area contributed by atoms with Gasteiger partial charge in [0, 0.05) is 55.6 Å². The van der Waals surface area contributed by atoms with E-state index in [2.05, 4.69) is 77.3 Å². The number of hydrogen-bond donors (Lipinski definition) is 0. The van der Waals surface area contributed by atoms with Crippen LogP contribution < -0.4 is 0 Å². The van der Waals surface area contributed by atoms with Crippen LogP contribution in [-0.4, -0.2) is 92.2 Å². The van der Waals surface area contributed by atoms with Crippen molar-refractivity contribution >= 4 is 65.2 Å². The van der Waals surface area contributed by atoms with Gasteiger partial charge in [-0.15, -0.1) is 5.98 Å². The number of carbonyl (C=O) groups is 4. The van der Waals surface area contributed by atoms with Gasteiger partial charge in [0.15, 0.2) is 18.3 Å². The van der Waals surface area contributed by atoms with Crippen LogP contribution in [0.2, 0.25) is 39.8 Å². The Labute approximate surface area is 331 Å². The molecule has 0 aromatic carbocycles. The minimum absolute atomic E-state index is 0.0277. The van der Waals surface area contributed by atoms with Crippen molar-refractivity contribution in [2.45, 2.75) is 163 Å². The molecule has 0 aromatic heterocycles. The van der Waals surface area contributed by atoms with Crippen molar-refractivity contribution in [2.24, 2.45) is 0 Å². The molecule has 2 rings (SSSR count). The fourth-order valence-corrected chi connectivity index (χ4v) is 4.87. The van der Waals surface area contributed by atoms with E-state index < -0.39 is 0 Å². The molecule has 0 bridgehead atoms. The molecule has 0 saturated carbocycles. The molecular weight excluding hydrogens is 755 g/mol. The maximum Gasteiger partial charge on any atom is 0.305 e. The Balaban J connectivity index is -0.000000670. The van der Waals surface area contributed by atoms with Crippen molar-refractivity contribution in [1.82, 2.24) is 0 Å². The SMILES string of the molecule is CC(C)(C)OC1C=C(CBr)C(=O)C1.COC(=O)CCC/C=C\B(C)C.COC(=O)CCC/C=C\CC1=CC(OC(C)(C)C)CC1=O.C[SiH2]C.C[SiH2]C. The summed E-state index contributed by atoms with van der Waals surface area (Å²) in [7, 11) is 3.65. The van der Waals surface area contributed by atoms with E-state index in [1.54, 1.807) is 0 Å². The molecule has 0 saturated heterocycles. The Hall–Kier alpha value is -1.86. The van der Waals surface area contributed by atoms with Gasteiger partial charge in [-0.1, -0.05) is 74.0 Å². The van der Waals surface area contributed by atoms with Crippen molar-refractivity contribution in [3.8, 4) is 0 Å². The van der Waals surface area contributed by atoms with E-state index in [0.717, 1.165) is 36.8 Å². The normalized spacial score (nSPS) is 16.7. The molecule has 2 atom stereocenters. The number of esters is 2. The maximum absolute atomic E-state index is 11.9. The lowest BCUT2D eigenvalue weighted by Crippen LogP contribution is -2.25. The van der Waals surface area contributed by atoms with Crippen LogP contribution in [0.15, 0.2) is 47.5 Å². The summed E-state index contributed by atoms with van der Waals surface area (Å²) >= 11 is 3.28. The van der Waals surface area contributed by atoms with Gasteiger partial charge in [0.25, 0.3) is 0 Å². The lowest BCUT2D eigenvalue weighted by Gasteiger charge is -2.23. The van der Waals surface area contributed by atoms with Gasteiger partial charge >= 0.3 is 11.9 Å². The summed E-state index contributed by atoms with van der Waals surface area (Å²) in [6.45, 7) is 25.9. The molecule has 0 aliphatic heterocycles. The summed E-state index contributed by atoms with van der Waals surface area (Å²) in [6.07, 6.45) is 15.8. The number of methoxy groups -OCH3 is 2. The van der Waals surface area contributed by atoms with E-state index in [4.69, 9.17) is 9.47 Å². The number of alkyl halides is 1. The zero-order chi connectivity index (χ0) is 40.8. The van der Waals surface area contributed by atoms with Crippen LogP contribution in [0.3, 0.4) is 0 Å². The number of carbonyl (C=O) groups excluding carboxylic acids is 4. The zero-order valence-corrected chi connectivity index (χ0v) is 39.7.